The number of nitrogens with one attached hydrogen (secondary N) is 1. The zero-order valence-electron chi connectivity index (χ0n) is 10.7. The molecule has 1 aromatic heterocycles. The lowest BCUT2D eigenvalue weighted by molar-refractivity contribution is 0.149. The first kappa shape index (κ1) is 13.6. The van der Waals surface area contributed by atoms with Crippen molar-refractivity contribution in [1.29, 1.82) is 0 Å². The third kappa shape index (κ3) is 3.78. The smallest absolute Gasteiger partial charge is 0.147 e. The fraction of sp³-hybridized carbons (Fsp3) is 0.583. The lowest BCUT2D eigenvalue weighted by Gasteiger charge is -2.07. The second-order valence-corrected chi connectivity index (χ2v) is 3.80. The van der Waals surface area contributed by atoms with Crippen LogP contribution in [0.5, 0.6) is 0 Å². The number of nitrogens with zero attached hydrogens (tertiary/aromatic N) is 2. The molecule has 0 radical (unpaired) electrons. The highest BCUT2D eigenvalue weighted by Crippen LogP contribution is 2.21. The molecule has 1 rings (SSSR count). The van der Waals surface area contributed by atoms with Gasteiger partial charge in [-0.05, 0) is 12.8 Å². The van der Waals surface area contributed by atoms with Gasteiger partial charge in [-0.15, -0.1) is 6.58 Å². The molecule has 0 aliphatic heterocycles. The fourth-order valence-electron chi connectivity index (χ4n) is 1.58. The molecule has 0 unspecified atom stereocenters. The highest BCUT2D eigenvalue weighted by molar-refractivity contribution is 5.64. The van der Waals surface area contributed by atoms with Crippen molar-refractivity contribution in [3.63, 3.8) is 0 Å². The highest BCUT2D eigenvalue weighted by Gasteiger charge is 2.10. The number of aromatic nitrogens is 2. The summed E-state index contributed by atoms with van der Waals surface area (Å²) in [6, 6.07) is 0. The van der Waals surface area contributed by atoms with Gasteiger partial charge in [0.05, 0.1) is 24.6 Å². The van der Waals surface area contributed by atoms with E-state index in [0.717, 1.165) is 36.6 Å². The van der Waals surface area contributed by atoms with Crippen LogP contribution in [0, 0.1) is 0 Å². The monoisotopic (exact) mass is 238 g/mol. The maximum absolute atomic E-state index is 5.98. The predicted octanol–water partition coefficient (Wildman–Crippen LogP) is 1.57. The molecule has 5 heteroatoms. The Morgan fingerprint density at radius 2 is 2.29 bits per heavy atom. The van der Waals surface area contributed by atoms with E-state index in [0.29, 0.717) is 13.2 Å². The van der Waals surface area contributed by atoms with Gasteiger partial charge >= 0.3 is 0 Å². The Kier molecular flexibility index (Phi) is 5.56. The summed E-state index contributed by atoms with van der Waals surface area (Å²) in [5.74, 6) is 0.870. The molecule has 5 nitrogen and oxygen atoms in total. The van der Waals surface area contributed by atoms with Crippen LogP contribution in [0.3, 0.4) is 0 Å². The predicted molar refractivity (Wildman–Crippen MR) is 71.1 cm³/mol. The van der Waals surface area contributed by atoms with E-state index in [1.165, 1.54) is 0 Å². The van der Waals surface area contributed by atoms with E-state index in [4.69, 9.17) is 10.5 Å². The second-order valence-electron chi connectivity index (χ2n) is 3.80. The van der Waals surface area contributed by atoms with E-state index >= 15 is 0 Å². The molecule has 0 aliphatic carbocycles. The van der Waals surface area contributed by atoms with Crippen LogP contribution < -0.4 is 11.1 Å². The Hall–Kier alpha value is -1.49. The molecule has 0 saturated carbocycles. The minimum atomic E-state index is 0.653. The summed E-state index contributed by atoms with van der Waals surface area (Å²) in [6.45, 7) is 7.77. The molecule has 0 aromatic carbocycles. The van der Waals surface area contributed by atoms with Gasteiger partial charge in [0.25, 0.3) is 0 Å². The van der Waals surface area contributed by atoms with E-state index in [9.17, 15) is 0 Å². The first-order valence-corrected chi connectivity index (χ1v) is 5.94. The molecule has 0 saturated heterocycles. The van der Waals surface area contributed by atoms with Gasteiger partial charge in [-0.25, -0.2) is 0 Å². The normalized spacial score (nSPS) is 10.5. The van der Waals surface area contributed by atoms with Gasteiger partial charge < -0.3 is 15.8 Å². The van der Waals surface area contributed by atoms with Crippen LogP contribution in [-0.2, 0) is 18.2 Å². The first-order chi connectivity index (χ1) is 8.20. The van der Waals surface area contributed by atoms with Crippen molar-refractivity contribution in [3.05, 3.63) is 18.3 Å². The summed E-state index contributed by atoms with van der Waals surface area (Å²) in [6.07, 6.45) is 3.57. The van der Waals surface area contributed by atoms with Gasteiger partial charge in [-0.3, -0.25) is 4.68 Å². The Morgan fingerprint density at radius 3 is 2.88 bits per heavy atom. The average Bonchev–Trinajstić information content (AvgIpc) is 2.60. The molecule has 0 fully saturated rings. The molecule has 0 bridgehead atoms. The zero-order chi connectivity index (χ0) is 12.7. The van der Waals surface area contributed by atoms with E-state index in [1.54, 1.807) is 4.68 Å². The lowest BCUT2D eigenvalue weighted by Crippen LogP contribution is -2.13. The summed E-state index contributed by atoms with van der Waals surface area (Å²) >= 11 is 0. The van der Waals surface area contributed by atoms with Crippen molar-refractivity contribution in [3.8, 4) is 0 Å². The summed E-state index contributed by atoms with van der Waals surface area (Å²) < 4.78 is 7.18. The van der Waals surface area contributed by atoms with Crippen LogP contribution in [0.4, 0.5) is 11.5 Å². The largest absolute Gasteiger partial charge is 0.394 e. The SMILES string of the molecule is C=CCCOCCNc1c(N)c(CC)nn1C. The van der Waals surface area contributed by atoms with E-state index in [2.05, 4.69) is 17.0 Å². The van der Waals surface area contributed by atoms with Crippen LogP contribution in [0.25, 0.3) is 0 Å². The molecular weight excluding hydrogens is 216 g/mol. The van der Waals surface area contributed by atoms with Crippen LogP contribution in [0.1, 0.15) is 19.0 Å². The molecule has 0 amide bonds. The summed E-state index contributed by atoms with van der Waals surface area (Å²) in [7, 11) is 1.89. The Morgan fingerprint density at radius 1 is 1.53 bits per heavy atom. The number of aryl methyl sites for hydroxylation is 2. The molecule has 1 heterocycles. The fourth-order valence-corrected chi connectivity index (χ4v) is 1.58. The third-order valence-electron chi connectivity index (χ3n) is 2.50. The molecule has 1 aromatic rings. The van der Waals surface area contributed by atoms with Crippen LogP contribution in [-0.4, -0.2) is 29.5 Å². The average molecular weight is 238 g/mol. The molecule has 0 atom stereocenters. The quantitative estimate of drug-likeness (QED) is 0.533. The van der Waals surface area contributed by atoms with Gasteiger partial charge in [-0.2, -0.15) is 5.10 Å². The van der Waals surface area contributed by atoms with E-state index in [1.807, 2.05) is 20.0 Å². The van der Waals surface area contributed by atoms with Crippen LogP contribution >= 0.6 is 0 Å². The molecule has 0 spiro atoms. The Bertz CT molecular complexity index is 360. The Labute approximate surface area is 103 Å². The number of hydrogen-bond acceptors (Lipinski definition) is 4. The second kappa shape index (κ2) is 6.96. The maximum Gasteiger partial charge on any atom is 0.147 e. The minimum Gasteiger partial charge on any atom is -0.394 e. The molecule has 0 aliphatic rings. The van der Waals surface area contributed by atoms with Crippen molar-refractivity contribution in [2.24, 2.45) is 7.05 Å². The zero-order valence-corrected chi connectivity index (χ0v) is 10.7. The van der Waals surface area contributed by atoms with Crippen molar-refractivity contribution in [2.75, 3.05) is 30.8 Å². The molecule has 96 valence electrons. The van der Waals surface area contributed by atoms with Gasteiger partial charge in [0.15, 0.2) is 0 Å². The molecular formula is C12H22N4O. The van der Waals surface area contributed by atoms with Gasteiger partial charge in [0.1, 0.15) is 5.82 Å². The number of anilines is 2. The van der Waals surface area contributed by atoms with Crippen molar-refractivity contribution in [1.82, 2.24) is 9.78 Å². The number of nitrogen functional groups attached to an aromatic ring is 1. The van der Waals surface area contributed by atoms with Crippen LogP contribution in [0.2, 0.25) is 0 Å². The summed E-state index contributed by atoms with van der Waals surface area (Å²) in [5.41, 5.74) is 7.65. The summed E-state index contributed by atoms with van der Waals surface area (Å²) in [5, 5.41) is 7.57. The van der Waals surface area contributed by atoms with Crippen molar-refractivity contribution >= 4 is 11.5 Å². The van der Waals surface area contributed by atoms with E-state index in [-0.39, 0.29) is 0 Å². The van der Waals surface area contributed by atoms with Gasteiger partial charge in [0.2, 0.25) is 0 Å². The molecule has 17 heavy (non-hydrogen) atoms. The van der Waals surface area contributed by atoms with Gasteiger partial charge in [-0.1, -0.05) is 13.0 Å². The summed E-state index contributed by atoms with van der Waals surface area (Å²) in [4.78, 5) is 0. The van der Waals surface area contributed by atoms with Crippen molar-refractivity contribution < 1.29 is 4.74 Å². The number of nitrogens with two attached hydrogens (primary N) is 1. The first-order valence-electron chi connectivity index (χ1n) is 5.94. The number of ether oxygens (including phenoxy) is 1. The number of rotatable bonds is 8. The van der Waals surface area contributed by atoms with Crippen LogP contribution in [0.15, 0.2) is 12.7 Å². The maximum atomic E-state index is 5.98. The minimum absolute atomic E-state index is 0.653. The van der Waals surface area contributed by atoms with Crippen molar-refractivity contribution in [2.45, 2.75) is 19.8 Å². The lowest BCUT2D eigenvalue weighted by atomic mass is 10.3. The number of hydrogen-bond donors (Lipinski definition) is 2. The van der Waals surface area contributed by atoms with E-state index < -0.39 is 0 Å². The Balaban J connectivity index is 2.36. The topological polar surface area (TPSA) is 65.1 Å². The standard InChI is InChI=1S/C12H22N4O/c1-4-6-8-17-9-7-14-12-11(13)10(5-2)15-16(12)3/h4,14H,1,5-9,13H2,2-3H3. The van der Waals surface area contributed by atoms with Gasteiger partial charge in [0, 0.05) is 13.6 Å². The highest BCUT2D eigenvalue weighted by atomic mass is 16.5. The molecule has 3 N–H and O–H groups in total. The third-order valence-corrected chi connectivity index (χ3v) is 2.50.